The molecule has 1 aromatic carbocycles. The highest BCUT2D eigenvalue weighted by Gasteiger charge is 2.19. The average Bonchev–Trinajstić information content (AvgIpc) is 3.18. The number of Topliss-reactive ketones (excluding diaryl/α,β-unsaturated/α-hetero) is 1. The van der Waals surface area contributed by atoms with Crippen molar-refractivity contribution in [3.63, 3.8) is 0 Å². The highest BCUT2D eigenvalue weighted by atomic mass is 16.1. The van der Waals surface area contributed by atoms with Crippen molar-refractivity contribution in [2.75, 3.05) is 11.9 Å². The molecule has 2 nitrogen and oxygen atoms in total. The summed E-state index contributed by atoms with van der Waals surface area (Å²) in [5.74, 6) is 1.23. The van der Waals surface area contributed by atoms with E-state index in [0.29, 0.717) is 6.42 Å². The van der Waals surface area contributed by atoms with Gasteiger partial charge in [0.1, 0.15) is 0 Å². The number of benzene rings is 1. The molecular formula is C15H21NO. The van der Waals surface area contributed by atoms with Crippen molar-refractivity contribution in [2.24, 2.45) is 5.92 Å². The number of carbonyl (C=O) groups is 1. The highest BCUT2D eigenvalue weighted by Crippen LogP contribution is 2.33. The molecule has 1 aliphatic rings. The molecule has 0 unspecified atom stereocenters. The second-order valence-corrected chi connectivity index (χ2v) is 4.87. The molecule has 1 fully saturated rings. The van der Waals surface area contributed by atoms with Gasteiger partial charge in [0, 0.05) is 24.2 Å². The first-order valence-corrected chi connectivity index (χ1v) is 6.66. The fraction of sp³-hybridized carbons (Fsp3) is 0.533. The fourth-order valence-electron chi connectivity index (χ4n) is 2.01. The minimum Gasteiger partial charge on any atom is -0.385 e. The average molecular weight is 231 g/mol. The molecule has 0 saturated heterocycles. The van der Waals surface area contributed by atoms with Crippen LogP contribution in [0.15, 0.2) is 24.3 Å². The van der Waals surface area contributed by atoms with Gasteiger partial charge in [0.15, 0.2) is 5.78 Å². The van der Waals surface area contributed by atoms with Gasteiger partial charge < -0.3 is 5.32 Å². The normalized spacial score (nSPS) is 14.6. The molecular weight excluding hydrogens is 210 g/mol. The molecule has 1 aromatic rings. The van der Waals surface area contributed by atoms with Crippen LogP contribution >= 0.6 is 0 Å². The molecule has 0 aliphatic heterocycles. The molecule has 0 radical (unpaired) electrons. The molecule has 0 heterocycles. The first-order valence-electron chi connectivity index (χ1n) is 6.66. The summed E-state index contributed by atoms with van der Waals surface area (Å²) in [6.45, 7) is 2.93. The Morgan fingerprint density at radius 1 is 1.29 bits per heavy atom. The second-order valence-electron chi connectivity index (χ2n) is 4.87. The largest absolute Gasteiger partial charge is 0.385 e. The maximum absolute atomic E-state index is 11.4. The summed E-state index contributed by atoms with van der Waals surface area (Å²) in [5.41, 5.74) is 1.93. The number of hydrogen-bond donors (Lipinski definition) is 1. The number of hydrogen-bond acceptors (Lipinski definition) is 2. The number of carbonyl (C=O) groups excluding carboxylic acids is 1. The van der Waals surface area contributed by atoms with E-state index in [1.807, 2.05) is 31.2 Å². The Balaban J connectivity index is 1.74. The van der Waals surface area contributed by atoms with E-state index in [9.17, 15) is 4.79 Å². The van der Waals surface area contributed by atoms with Crippen molar-refractivity contribution in [2.45, 2.75) is 39.0 Å². The van der Waals surface area contributed by atoms with Crippen LogP contribution in [-0.2, 0) is 0 Å². The molecule has 1 saturated carbocycles. The van der Waals surface area contributed by atoms with Gasteiger partial charge in [0.2, 0.25) is 0 Å². The smallest absolute Gasteiger partial charge is 0.162 e. The first-order chi connectivity index (χ1) is 8.29. The Bertz CT molecular complexity index is 365. The Labute approximate surface area is 103 Å². The molecule has 0 spiro atoms. The lowest BCUT2D eigenvalue weighted by Gasteiger charge is -2.06. The van der Waals surface area contributed by atoms with Crippen molar-refractivity contribution >= 4 is 11.5 Å². The predicted molar refractivity (Wildman–Crippen MR) is 71.5 cm³/mol. The maximum Gasteiger partial charge on any atom is 0.162 e. The van der Waals surface area contributed by atoms with Crippen LogP contribution in [0.5, 0.6) is 0 Å². The monoisotopic (exact) mass is 231 g/mol. The van der Waals surface area contributed by atoms with Crippen molar-refractivity contribution < 1.29 is 4.79 Å². The number of rotatable bonds is 7. The van der Waals surface area contributed by atoms with Gasteiger partial charge in [-0.3, -0.25) is 4.79 Å². The first kappa shape index (κ1) is 12.2. The standard InChI is InChI=1S/C15H21NO/c1-2-15(17)13-7-9-14(10-8-13)16-11-3-4-12-5-6-12/h7-10,12,16H,2-6,11H2,1H3. The van der Waals surface area contributed by atoms with E-state index in [1.54, 1.807) is 0 Å². The number of anilines is 1. The van der Waals surface area contributed by atoms with Gasteiger partial charge in [0.05, 0.1) is 0 Å². The third kappa shape index (κ3) is 3.88. The number of nitrogens with one attached hydrogen (secondary N) is 1. The van der Waals surface area contributed by atoms with Crippen LogP contribution in [0, 0.1) is 5.92 Å². The summed E-state index contributed by atoms with van der Waals surface area (Å²) >= 11 is 0. The van der Waals surface area contributed by atoms with Crippen molar-refractivity contribution in [3.05, 3.63) is 29.8 Å². The van der Waals surface area contributed by atoms with Crippen molar-refractivity contribution in [1.29, 1.82) is 0 Å². The lowest BCUT2D eigenvalue weighted by molar-refractivity contribution is 0.0988. The van der Waals surface area contributed by atoms with Crippen LogP contribution in [0.1, 0.15) is 49.4 Å². The predicted octanol–water partition coefficient (Wildman–Crippen LogP) is 3.88. The molecule has 0 bridgehead atoms. The minimum atomic E-state index is 0.213. The Kier molecular flexibility index (Phi) is 4.18. The zero-order valence-corrected chi connectivity index (χ0v) is 10.5. The lowest BCUT2D eigenvalue weighted by atomic mass is 10.1. The van der Waals surface area contributed by atoms with E-state index < -0.39 is 0 Å². The number of ketones is 1. The Morgan fingerprint density at radius 3 is 2.59 bits per heavy atom. The van der Waals surface area contributed by atoms with Crippen LogP contribution in [0.2, 0.25) is 0 Å². The van der Waals surface area contributed by atoms with Crippen LogP contribution in [0.3, 0.4) is 0 Å². The Hall–Kier alpha value is -1.31. The topological polar surface area (TPSA) is 29.1 Å². The highest BCUT2D eigenvalue weighted by molar-refractivity contribution is 5.96. The van der Waals surface area contributed by atoms with E-state index in [4.69, 9.17) is 0 Å². The fourth-order valence-corrected chi connectivity index (χ4v) is 2.01. The molecule has 1 N–H and O–H groups in total. The van der Waals surface area contributed by atoms with Crippen molar-refractivity contribution in [1.82, 2.24) is 0 Å². The van der Waals surface area contributed by atoms with Crippen molar-refractivity contribution in [3.8, 4) is 0 Å². The van der Waals surface area contributed by atoms with Crippen LogP contribution < -0.4 is 5.32 Å². The van der Waals surface area contributed by atoms with Gasteiger partial charge in [-0.15, -0.1) is 0 Å². The van der Waals surface area contributed by atoms with Gasteiger partial charge >= 0.3 is 0 Å². The molecule has 17 heavy (non-hydrogen) atoms. The van der Waals surface area contributed by atoms with E-state index >= 15 is 0 Å². The lowest BCUT2D eigenvalue weighted by Crippen LogP contribution is -2.02. The van der Waals surface area contributed by atoms with E-state index in [2.05, 4.69) is 5.32 Å². The maximum atomic E-state index is 11.4. The van der Waals surface area contributed by atoms with Gasteiger partial charge in [0.25, 0.3) is 0 Å². The Morgan fingerprint density at radius 2 is 2.00 bits per heavy atom. The molecule has 92 valence electrons. The third-order valence-corrected chi connectivity index (χ3v) is 3.34. The van der Waals surface area contributed by atoms with E-state index in [1.165, 1.54) is 25.7 Å². The zero-order valence-electron chi connectivity index (χ0n) is 10.5. The summed E-state index contributed by atoms with van der Waals surface area (Å²) in [6, 6.07) is 7.82. The van der Waals surface area contributed by atoms with E-state index in [0.717, 1.165) is 23.7 Å². The third-order valence-electron chi connectivity index (χ3n) is 3.34. The van der Waals surface area contributed by atoms with Crippen LogP contribution in [0.4, 0.5) is 5.69 Å². The van der Waals surface area contributed by atoms with E-state index in [-0.39, 0.29) is 5.78 Å². The molecule has 2 heteroatoms. The summed E-state index contributed by atoms with van der Waals surface area (Å²) in [7, 11) is 0. The summed E-state index contributed by atoms with van der Waals surface area (Å²) < 4.78 is 0. The summed E-state index contributed by atoms with van der Waals surface area (Å²) in [4.78, 5) is 11.4. The van der Waals surface area contributed by atoms with Gasteiger partial charge in [-0.2, -0.15) is 0 Å². The SMILES string of the molecule is CCC(=O)c1ccc(NCCCC2CC2)cc1. The van der Waals surface area contributed by atoms with Crippen LogP contribution in [-0.4, -0.2) is 12.3 Å². The molecule has 1 aliphatic carbocycles. The van der Waals surface area contributed by atoms with Gasteiger partial charge in [-0.1, -0.05) is 19.8 Å². The molecule has 0 atom stereocenters. The molecule has 2 rings (SSSR count). The quantitative estimate of drug-likeness (QED) is 0.570. The summed E-state index contributed by atoms with van der Waals surface area (Å²) in [5, 5.41) is 3.40. The van der Waals surface area contributed by atoms with Gasteiger partial charge in [-0.05, 0) is 43.0 Å². The zero-order chi connectivity index (χ0) is 12.1. The minimum absolute atomic E-state index is 0.213. The molecule has 0 amide bonds. The van der Waals surface area contributed by atoms with Crippen LogP contribution in [0.25, 0.3) is 0 Å². The second kappa shape index (κ2) is 5.85. The molecule has 0 aromatic heterocycles. The van der Waals surface area contributed by atoms with Gasteiger partial charge in [-0.25, -0.2) is 0 Å². The summed E-state index contributed by atoms with van der Waals surface area (Å²) in [6.07, 6.45) is 6.07.